The van der Waals surface area contributed by atoms with Gasteiger partial charge in [-0.2, -0.15) is 0 Å². The molecule has 0 bridgehead atoms. The van der Waals surface area contributed by atoms with Crippen LogP contribution in [-0.2, 0) is 9.59 Å². The highest BCUT2D eigenvalue weighted by Gasteiger charge is 2.19. The molecule has 0 amide bonds. The molecule has 4 nitrogen and oxygen atoms in total. The van der Waals surface area contributed by atoms with E-state index in [-0.39, 0.29) is 6.42 Å². The van der Waals surface area contributed by atoms with Crippen molar-refractivity contribution in [2.24, 2.45) is 23.7 Å². The van der Waals surface area contributed by atoms with Crippen molar-refractivity contribution in [2.45, 2.75) is 105 Å². The molecule has 0 rings (SSSR count). The Morgan fingerprint density at radius 3 is 1.79 bits per heavy atom. The van der Waals surface area contributed by atoms with Crippen LogP contribution in [0.2, 0.25) is 0 Å². The zero-order valence-corrected chi connectivity index (χ0v) is 18.9. The molecule has 3 atom stereocenters. The normalized spacial score (nSPS) is 15.4. The Labute approximate surface area is 172 Å². The van der Waals surface area contributed by atoms with Crippen LogP contribution < -0.4 is 0 Å². The number of allylic oxidation sites excluding steroid dienone is 2. The summed E-state index contributed by atoms with van der Waals surface area (Å²) in [5.41, 5.74) is 1.17. The fourth-order valence-electron chi connectivity index (χ4n) is 3.64. The van der Waals surface area contributed by atoms with E-state index in [1.807, 2.05) is 13.0 Å². The van der Waals surface area contributed by atoms with Gasteiger partial charge in [-0.3, -0.25) is 9.59 Å². The van der Waals surface area contributed by atoms with Gasteiger partial charge in [0.2, 0.25) is 0 Å². The lowest BCUT2D eigenvalue weighted by molar-refractivity contribution is -0.148. The lowest BCUT2D eigenvalue weighted by Gasteiger charge is -2.15. The zero-order chi connectivity index (χ0) is 21.5. The van der Waals surface area contributed by atoms with E-state index in [1.165, 1.54) is 50.5 Å². The van der Waals surface area contributed by atoms with Crippen LogP contribution in [0.1, 0.15) is 105 Å². The molecule has 0 fully saturated rings. The second kappa shape index (κ2) is 15.6. The summed E-state index contributed by atoms with van der Waals surface area (Å²) >= 11 is 0. The average Bonchev–Trinajstić information content (AvgIpc) is 2.57. The van der Waals surface area contributed by atoms with Gasteiger partial charge in [0.15, 0.2) is 0 Å². The first-order valence-electron chi connectivity index (χ1n) is 11.2. The summed E-state index contributed by atoms with van der Waals surface area (Å²) in [4.78, 5) is 21.8. The molecule has 0 aliphatic carbocycles. The molecule has 164 valence electrons. The Morgan fingerprint density at radius 2 is 1.32 bits per heavy atom. The molecule has 0 heterocycles. The maximum atomic E-state index is 11.1. The molecular weight excluding hydrogens is 352 g/mol. The molecule has 0 saturated heterocycles. The summed E-state index contributed by atoms with van der Waals surface area (Å²) < 4.78 is 0. The molecule has 0 radical (unpaired) electrons. The summed E-state index contributed by atoms with van der Waals surface area (Å²) in [6.45, 7) is 11.3. The van der Waals surface area contributed by atoms with Crippen LogP contribution in [0.4, 0.5) is 0 Å². The summed E-state index contributed by atoms with van der Waals surface area (Å²) in [6, 6.07) is 0. The minimum absolute atomic E-state index is 0.303. The zero-order valence-electron chi connectivity index (χ0n) is 18.9. The van der Waals surface area contributed by atoms with Gasteiger partial charge < -0.3 is 10.2 Å². The molecule has 0 aliphatic heterocycles. The van der Waals surface area contributed by atoms with Crippen molar-refractivity contribution in [3.8, 4) is 0 Å². The van der Waals surface area contributed by atoms with Gasteiger partial charge in [0.1, 0.15) is 0 Å². The monoisotopic (exact) mass is 396 g/mol. The standard InChI is InChI=1S/C24H44O4/c1-18(2)9-6-10-19(3)11-7-12-20(4)13-8-14-21(5)15-16-22(24(27)28)17-23(25)26/h15,18-20,22H,6-14,16-17H2,1-5H3,(H,25,26)(H,27,28)/b21-15+/t19-,20-,22?/m1/s1. The molecule has 2 N–H and O–H groups in total. The van der Waals surface area contributed by atoms with Crippen LogP contribution in [0.3, 0.4) is 0 Å². The van der Waals surface area contributed by atoms with E-state index in [1.54, 1.807) is 0 Å². The van der Waals surface area contributed by atoms with E-state index in [9.17, 15) is 9.59 Å². The first kappa shape index (κ1) is 26.7. The van der Waals surface area contributed by atoms with Crippen molar-refractivity contribution in [3.63, 3.8) is 0 Å². The van der Waals surface area contributed by atoms with E-state index in [2.05, 4.69) is 27.7 Å². The molecule has 0 aromatic heterocycles. The maximum Gasteiger partial charge on any atom is 0.307 e. The minimum atomic E-state index is -1.05. The third kappa shape index (κ3) is 15.7. The second-order valence-electron chi connectivity index (χ2n) is 9.28. The van der Waals surface area contributed by atoms with Crippen molar-refractivity contribution in [2.75, 3.05) is 0 Å². The fraction of sp³-hybridized carbons (Fsp3) is 0.833. The van der Waals surface area contributed by atoms with Crippen LogP contribution in [0.25, 0.3) is 0 Å². The third-order valence-electron chi connectivity index (χ3n) is 5.66. The predicted octanol–water partition coefficient (Wildman–Crippen LogP) is 6.94. The smallest absolute Gasteiger partial charge is 0.307 e. The molecule has 0 aromatic rings. The predicted molar refractivity (Wildman–Crippen MR) is 116 cm³/mol. The Bertz CT molecular complexity index is 467. The lowest BCUT2D eigenvalue weighted by Crippen LogP contribution is -2.17. The number of rotatable bonds is 17. The van der Waals surface area contributed by atoms with Crippen molar-refractivity contribution < 1.29 is 19.8 Å². The van der Waals surface area contributed by atoms with Crippen LogP contribution in [0.15, 0.2) is 11.6 Å². The highest BCUT2D eigenvalue weighted by atomic mass is 16.4. The summed E-state index contributed by atoms with van der Waals surface area (Å²) in [7, 11) is 0. The highest BCUT2D eigenvalue weighted by molar-refractivity contribution is 5.77. The quantitative estimate of drug-likeness (QED) is 0.261. The Morgan fingerprint density at radius 1 is 0.821 bits per heavy atom. The molecule has 0 aliphatic rings. The number of aliphatic carboxylic acids is 2. The second-order valence-corrected chi connectivity index (χ2v) is 9.28. The lowest BCUT2D eigenvalue weighted by atomic mass is 9.91. The molecule has 28 heavy (non-hydrogen) atoms. The van der Waals surface area contributed by atoms with Crippen LogP contribution in [0.5, 0.6) is 0 Å². The van der Waals surface area contributed by atoms with Crippen molar-refractivity contribution >= 4 is 11.9 Å². The van der Waals surface area contributed by atoms with Crippen LogP contribution in [0, 0.1) is 23.7 Å². The maximum absolute atomic E-state index is 11.1. The van der Waals surface area contributed by atoms with E-state index in [0.717, 1.165) is 30.6 Å². The fourth-order valence-corrected chi connectivity index (χ4v) is 3.64. The largest absolute Gasteiger partial charge is 0.481 e. The summed E-state index contributed by atoms with van der Waals surface area (Å²) in [6.07, 6.45) is 13.2. The van der Waals surface area contributed by atoms with Crippen molar-refractivity contribution in [1.29, 1.82) is 0 Å². The third-order valence-corrected chi connectivity index (χ3v) is 5.66. The first-order chi connectivity index (χ1) is 13.1. The number of hydrogen-bond donors (Lipinski definition) is 2. The number of hydrogen-bond acceptors (Lipinski definition) is 2. The van der Waals surface area contributed by atoms with Gasteiger partial charge in [-0.1, -0.05) is 84.3 Å². The van der Waals surface area contributed by atoms with E-state index in [0.29, 0.717) is 6.42 Å². The van der Waals surface area contributed by atoms with Gasteiger partial charge in [0.05, 0.1) is 12.3 Å². The first-order valence-corrected chi connectivity index (χ1v) is 11.2. The Kier molecular flexibility index (Phi) is 14.9. The summed E-state index contributed by atoms with van der Waals surface area (Å²) in [5, 5.41) is 17.9. The van der Waals surface area contributed by atoms with E-state index >= 15 is 0 Å². The van der Waals surface area contributed by atoms with Gasteiger partial charge in [-0.15, -0.1) is 0 Å². The van der Waals surface area contributed by atoms with Gasteiger partial charge in [0, 0.05) is 0 Å². The van der Waals surface area contributed by atoms with Gasteiger partial charge in [-0.05, 0) is 43.9 Å². The van der Waals surface area contributed by atoms with Gasteiger partial charge >= 0.3 is 11.9 Å². The van der Waals surface area contributed by atoms with E-state index < -0.39 is 17.9 Å². The van der Waals surface area contributed by atoms with Crippen LogP contribution >= 0.6 is 0 Å². The number of carbonyl (C=O) groups is 2. The number of carboxylic acid groups (broad SMARTS) is 2. The SMILES string of the molecule is C/C(=C\CC(CC(=O)O)C(=O)O)CCC[C@H](C)CCC[C@H](C)CCCC(C)C. The van der Waals surface area contributed by atoms with Gasteiger partial charge in [-0.25, -0.2) is 0 Å². The Balaban J connectivity index is 3.93. The molecule has 0 aromatic carbocycles. The molecule has 1 unspecified atom stereocenters. The van der Waals surface area contributed by atoms with E-state index in [4.69, 9.17) is 10.2 Å². The van der Waals surface area contributed by atoms with Crippen LogP contribution in [-0.4, -0.2) is 22.2 Å². The number of carboxylic acids is 2. The van der Waals surface area contributed by atoms with Gasteiger partial charge in [0.25, 0.3) is 0 Å². The molecule has 0 saturated carbocycles. The highest BCUT2D eigenvalue weighted by Crippen LogP contribution is 2.22. The molecule has 4 heteroatoms. The van der Waals surface area contributed by atoms with Crippen molar-refractivity contribution in [3.05, 3.63) is 11.6 Å². The van der Waals surface area contributed by atoms with Crippen molar-refractivity contribution in [1.82, 2.24) is 0 Å². The average molecular weight is 397 g/mol. The Hall–Kier alpha value is -1.32. The minimum Gasteiger partial charge on any atom is -0.481 e. The topological polar surface area (TPSA) is 74.6 Å². The summed E-state index contributed by atoms with van der Waals surface area (Å²) in [5.74, 6) is -0.524. The molecular formula is C24H44O4. The molecule has 0 spiro atoms.